The number of para-hydroxylation sites is 2. The van der Waals surface area contributed by atoms with Gasteiger partial charge in [0.1, 0.15) is 22.7 Å². The van der Waals surface area contributed by atoms with E-state index < -0.39 is 0 Å². The van der Waals surface area contributed by atoms with Gasteiger partial charge in [-0.05, 0) is 63.5 Å². The largest absolute Gasteiger partial charge is 0.456 e. The molecule has 0 bridgehead atoms. The first kappa shape index (κ1) is 19.5. The molecule has 168 valence electrons. The van der Waals surface area contributed by atoms with E-state index in [1.807, 2.05) is 24.3 Å². The zero-order valence-electron chi connectivity index (χ0n) is 19.4. The molecule has 36 heavy (non-hydrogen) atoms. The van der Waals surface area contributed by atoms with E-state index in [1.165, 1.54) is 27.6 Å². The predicted molar refractivity (Wildman–Crippen MR) is 148 cm³/mol. The Morgan fingerprint density at radius 2 is 1.11 bits per heavy atom. The first-order valence-corrected chi connectivity index (χ1v) is 12.2. The van der Waals surface area contributed by atoms with Crippen molar-refractivity contribution in [1.29, 1.82) is 0 Å². The molecule has 0 fully saturated rings. The van der Waals surface area contributed by atoms with Gasteiger partial charge < -0.3 is 9.15 Å². The van der Waals surface area contributed by atoms with Crippen molar-refractivity contribution in [3.05, 3.63) is 121 Å². The first-order chi connectivity index (χ1) is 17.8. The maximum Gasteiger partial charge on any atom is 0.136 e. The molecule has 2 nitrogen and oxygen atoms in total. The van der Waals surface area contributed by atoms with Crippen LogP contribution in [0.3, 0.4) is 0 Å². The summed E-state index contributed by atoms with van der Waals surface area (Å²) in [4.78, 5) is 0. The molecule has 0 N–H and O–H groups in total. The third kappa shape index (κ3) is 2.73. The van der Waals surface area contributed by atoms with Crippen LogP contribution in [-0.2, 0) is 0 Å². The fraction of sp³-hybridized carbons (Fsp3) is 0. The molecule has 2 heterocycles. The van der Waals surface area contributed by atoms with Crippen LogP contribution in [0, 0.1) is 0 Å². The molecule has 0 saturated heterocycles. The zero-order valence-corrected chi connectivity index (χ0v) is 19.4. The van der Waals surface area contributed by atoms with Crippen molar-refractivity contribution in [3.63, 3.8) is 0 Å². The lowest BCUT2D eigenvalue weighted by atomic mass is 9.88. The van der Waals surface area contributed by atoms with Crippen LogP contribution in [-0.4, -0.2) is 0 Å². The molecule has 8 rings (SSSR count). The standard InChI is InChI=1S/C34H20O2/c1-2-9-23(22(8-1)21-16-17-27-25-10-3-5-14-30(25)36-33(27)20-21)24-18-19-32-34-28(24)12-7-13-29(34)26-11-4-6-15-31(26)35-32/h1-20H. The Kier molecular flexibility index (Phi) is 3.97. The minimum Gasteiger partial charge on any atom is -0.456 e. The van der Waals surface area contributed by atoms with Gasteiger partial charge >= 0.3 is 0 Å². The quantitative estimate of drug-likeness (QED) is 0.256. The van der Waals surface area contributed by atoms with E-state index in [0.29, 0.717) is 0 Å². The molecule has 1 aliphatic heterocycles. The van der Waals surface area contributed by atoms with Gasteiger partial charge in [-0.1, -0.05) is 91.0 Å². The van der Waals surface area contributed by atoms with Gasteiger partial charge in [-0.3, -0.25) is 0 Å². The Balaban J connectivity index is 1.36. The van der Waals surface area contributed by atoms with Gasteiger partial charge in [-0.15, -0.1) is 0 Å². The van der Waals surface area contributed by atoms with Crippen molar-refractivity contribution in [1.82, 2.24) is 0 Å². The summed E-state index contributed by atoms with van der Waals surface area (Å²) in [7, 11) is 0. The number of ether oxygens (including phenoxy) is 1. The van der Waals surface area contributed by atoms with Crippen LogP contribution < -0.4 is 4.74 Å². The van der Waals surface area contributed by atoms with E-state index in [2.05, 4.69) is 97.1 Å². The molecule has 7 aromatic rings. The summed E-state index contributed by atoms with van der Waals surface area (Å²) >= 11 is 0. The fourth-order valence-electron chi connectivity index (χ4n) is 5.68. The minimum atomic E-state index is 0.907. The molecule has 0 spiro atoms. The smallest absolute Gasteiger partial charge is 0.136 e. The Morgan fingerprint density at radius 1 is 0.389 bits per heavy atom. The molecule has 6 aromatic carbocycles. The first-order valence-electron chi connectivity index (χ1n) is 12.2. The Labute approximate surface area is 208 Å². The van der Waals surface area contributed by atoms with Gasteiger partial charge in [-0.25, -0.2) is 0 Å². The summed E-state index contributed by atoms with van der Waals surface area (Å²) < 4.78 is 12.5. The van der Waals surface area contributed by atoms with Crippen LogP contribution >= 0.6 is 0 Å². The van der Waals surface area contributed by atoms with Gasteiger partial charge in [0.05, 0.1) is 0 Å². The minimum absolute atomic E-state index is 0.907. The van der Waals surface area contributed by atoms with Crippen molar-refractivity contribution in [2.24, 2.45) is 0 Å². The number of rotatable bonds is 2. The van der Waals surface area contributed by atoms with Crippen molar-refractivity contribution >= 4 is 32.7 Å². The second kappa shape index (κ2) is 7.34. The van der Waals surface area contributed by atoms with Crippen molar-refractivity contribution in [2.45, 2.75) is 0 Å². The third-order valence-electron chi connectivity index (χ3n) is 7.31. The zero-order chi connectivity index (χ0) is 23.6. The van der Waals surface area contributed by atoms with E-state index >= 15 is 0 Å². The van der Waals surface area contributed by atoms with Gasteiger partial charge in [0, 0.05) is 21.7 Å². The average Bonchev–Trinajstić information content (AvgIpc) is 3.31. The Bertz CT molecular complexity index is 1980. The number of fused-ring (bicyclic) bond motifs is 5. The fourth-order valence-corrected chi connectivity index (χ4v) is 5.68. The summed E-state index contributed by atoms with van der Waals surface area (Å²) in [5, 5.41) is 4.65. The molecular weight excluding hydrogens is 440 g/mol. The Hall–Kier alpha value is -4.82. The normalized spacial score (nSPS) is 12.1. The second-order valence-corrected chi connectivity index (χ2v) is 9.29. The molecule has 0 unspecified atom stereocenters. The summed E-state index contributed by atoms with van der Waals surface area (Å²) in [5.41, 5.74) is 8.88. The lowest BCUT2D eigenvalue weighted by Crippen LogP contribution is -1.98. The number of hydrogen-bond donors (Lipinski definition) is 0. The molecule has 0 saturated carbocycles. The number of benzene rings is 6. The number of furan rings is 1. The molecule has 0 amide bonds. The van der Waals surface area contributed by atoms with E-state index in [9.17, 15) is 0 Å². The molecule has 2 heteroatoms. The highest BCUT2D eigenvalue weighted by atomic mass is 16.5. The summed E-state index contributed by atoms with van der Waals surface area (Å²) in [5.74, 6) is 1.81. The van der Waals surface area contributed by atoms with Gasteiger partial charge in [-0.2, -0.15) is 0 Å². The topological polar surface area (TPSA) is 22.4 Å². The van der Waals surface area contributed by atoms with Crippen LogP contribution in [0.2, 0.25) is 0 Å². The van der Waals surface area contributed by atoms with Gasteiger partial charge in [0.25, 0.3) is 0 Å². The Morgan fingerprint density at radius 3 is 2.06 bits per heavy atom. The average molecular weight is 461 g/mol. The van der Waals surface area contributed by atoms with Crippen LogP contribution in [0.5, 0.6) is 11.5 Å². The van der Waals surface area contributed by atoms with E-state index in [1.54, 1.807) is 0 Å². The highest BCUT2D eigenvalue weighted by molar-refractivity contribution is 6.11. The molecule has 0 radical (unpaired) electrons. The summed E-state index contributed by atoms with van der Waals surface area (Å²) in [6.45, 7) is 0. The van der Waals surface area contributed by atoms with E-state index in [-0.39, 0.29) is 0 Å². The van der Waals surface area contributed by atoms with E-state index in [4.69, 9.17) is 9.15 Å². The van der Waals surface area contributed by atoms with Crippen molar-refractivity contribution in [2.75, 3.05) is 0 Å². The third-order valence-corrected chi connectivity index (χ3v) is 7.31. The van der Waals surface area contributed by atoms with Crippen LogP contribution in [0.15, 0.2) is 126 Å². The van der Waals surface area contributed by atoms with E-state index in [0.717, 1.165) is 50.0 Å². The van der Waals surface area contributed by atoms with Gasteiger partial charge in [0.2, 0.25) is 0 Å². The molecular formula is C34H20O2. The molecule has 1 aliphatic rings. The summed E-state index contributed by atoms with van der Waals surface area (Å²) in [6.07, 6.45) is 0. The maximum absolute atomic E-state index is 6.32. The predicted octanol–water partition coefficient (Wildman–Crippen LogP) is 9.85. The van der Waals surface area contributed by atoms with Crippen LogP contribution in [0.1, 0.15) is 0 Å². The monoisotopic (exact) mass is 460 g/mol. The van der Waals surface area contributed by atoms with Crippen molar-refractivity contribution < 1.29 is 9.15 Å². The molecule has 1 aromatic heterocycles. The second-order valence-electron chi connectivity index (χ2n) is 9.29. The highest BCUT2D eigenvalue weighted by Gasteiger charge is 2.22. The summed E-state index contributed by atoms with van der Waals surface area (Å²) in [6, 6.07) is 42.5. The van der Waals surface area contributed by atoms with Gasteiger partial charge in [0.15, 0.2) is 0 Å². The molecule has 0 aliphatic carbocycles. The van der Waals surface area contributed by atoms with Crippen molar-refractivity contribution in [3.8, 4) is 44.9 Å². The maximum atomic E-state index is 6.32. The molecule has 0 atom stereocenters. The lowest BCUT2D eigenvalue weighted by Gasteiger charge is -2.23. The number of hydrogen-bond acceptors (Lipinski definition) is 2. The lowest BCUT2D eigenvalue weighted by molar-refractivity contribution is 0.487. The van der Waals surface area contributed by atoms with Crippen LogP contribution in [0.4, 0.5) is 0 Å². The van der Waals surface area contributed by atoms with Crippen LogP contribution in [0.25, 0.3) is 66.1 Å². The highest BCUT2D eigenvalue weighted by Crippen LogP contribution is 2.49. The SMILES string of the molecule is c1ccc2c(c1)Oc1ccc(-c3ccccc3-c3ccc4c(c3)oc3ccccc34)c3cccc-2c13.